The summed E-state index contributed by atoms with van der Waals surface area (Å²) < 4.78 is 5.55. The summed E-state index contributed by atoms with van der Waals surface area (Å²) >= 11 is 0. The zero-order chi connectivity index (χ0) is 14.2. The summed E-state index contributed by atoms with van der Waals surface area (Å²) in [7, 11) is 0. The number of rotatable bonds is 3. The van der Waals surface area contributed by atoms with Crippen molar-refractivity contribution in [3.05, 3.63) is 6.07 Å². The molecule has 1 aliphatic heterocycles. The lowest BCUT2D eigenvalue weighted by Gasteiger charge is -2.21. The minimum Gasteiger partial charge on any atom is -0.475 e. The molecule has 0 amide bonds. The molecule has 0 unspecified atom stereocenters. The predicted octanol–water partition coefficient (Wildman–Crippen LogP) is 1.05. The number of β-amino-alcohol motifs (C(OH)–C–C–N with tert-alkyl or cyclic N) is 1. The van der Waals surface area contributed by atoms with Crippen LogP contribution in [0.15, 0.2) is 6.07 Å². The van der Waals surface area contributed by atoms with Gasteiger partial charge in [0.05, 0.1) is 11.7 Å². The van der Waals surface area contributed by atoms with Crippen molar-refractivity contribution in [2.24, 2.45) is 5.92 Å². The molecule has 2 atom stereocenters. The second-order valence-corrected chi connectivity index (χ2v) is 5.73. The number of anilines is 2. The van der Waals surface area contributed by atoms with Crippen molar-refractivity contribution in [2.45, 2.75) is 39.4 Å². The van der Waals surface area contributed by atoms with Crippen LogP contribution in [0.25, 0.3) is 0 Å². The fourth-order valence-electron chi connectivity index (χ4n) is 2.20. The summed E-state index contributed by atoms with van der Waals surface area (Å²) in [5, 5.41) is 10.2. The molecule has 0 radical (unpaired) electrons. The molecule has 1 fully saturated rings. The van der Waals surface area contributed by atoms with Crippen LogP contribution < -0.4 is 15.4 Å². The van der Waals surface area contributed by atoms with Crippen molar-refractivity contribution in [1.82, 2.24) is 9.97 Å². The topological polar surface area (TPSA) is 84.5 Å². The van der Waals surface area contributed by atoms with Crippen LogP contribution >= 0.6 is 0 Å². The number of nitrogens with two attached hydrogens (primary N) is 1. The Morgan fingerprint density at radius 3 is 2.74 bits per heavy atom. The number of hydrogen-bond acceptors (Lipinski definition) is 6. The Morgan fingerprint density at radius 2 is 2.21 bits per heavy atom. The third-order valence-corrected chi connectivity index (χ3v) is 3.45. The van der Waals surface area contributed by atoms with E-state index in [4.69, 9.17) is 10.5 Å². The number of aromatic nitrogens is 2. The molecular formula is C13H22N4O2. The quantitative estimate of drug-likeness (QED) is 0.850. The van der Waals surface area contributed by atoms with Gasteiger partial charge in [0.25, 0.3) is 0 Å². The first-order valence-electron chi connectivity index (χ1n) is 6.56. The molecule has 0 aromatic carbocycles. The first-order valence-corrected chi connectivity index (χ1v) is 6.56. The molecule has 3 N–H and O–H groups in total. The fourth-order valence-corrected chi connectivity index (χ4v) is 2.20. The van der Waals surface area contributed by atoms with Gasteiger partial charge in [0.2, 0.25) is 11.8 Å². The molecule has 2 heterocycles. The second kappa shape index (κ2) is 4.85. The summed E-state index contributed by atoms with van der Waals surface area (Å²) in [5.41, 5.74) is 5.00. The lowest BCUT2D eigenvalue weighted by molar-refractivity contribution is 0.0443. The van der Waals surface area contributed by atoms with Crippen LogP contribution in [0, 0.1) is 5.92 Å². The lowest BCUT2D eigenvalue weighted by atomic mass is 9.95. The largest absolute Gasteiger partial charge is 0.475 e. The molecule has 106 valence electrons. The van der Waals surface area contributed by atoms with Gasteiger partial charge < -0.3 is 20.5 Å². The van der Waals surface area contributed by atoms with Crippen molar-refractivity contribution in [3.8, 4) is 5.88 Å². The highest BCUT2D eigenvalue weighted by molar-refractivity contribution is 5.47. The van der Waals surface area contributed by atoms with Crippen molar-refractivity contribution in [2.75, 3.05) is 23.7 Å². The maximum atomic E-state index is 10.2. The van der Waals surface area contributed by atoms with Crippen LogP contribution in [0.2, 0.25) is 0 Å². The number of hydrogen-bond donors (Lipinski definition) is 2. The van der Waals surface area contributed by atoms with Crippen molar-refractivity contribution in [3.63, 3.8) is 0 Å². The van der Waals surface area contributed by atoms with Gasteiger partial charge in [-0.15, -0.1) is 0 Å². The first-order chi connectivity index (χ1) is 8.78. The van der Waals surface area contributed by atoms with E-state index in [1.54, 1.807) is 6.07 Å². The van der Waals surface area contributed by atoms with E-state index in [-0.39, 0.29) is 18.0 Å². The van der Waals surface area contributed by atoms with Crippen LogP contribution in [0.5, 0.6) is 5.88 Å². The molecule has 1 aromatic heterocycles. The molecule has 0 bridgehead atoms. The van der Waals surface area contributed by atoms with Gasteiger partial charge in [0, 0.05) is 25.1 Å². The Hall–Kier alpha value is -1.56. The minimum atomic E-state index is -0.710. The predicted molar refractivity (Wildman–Crippen MR) is 74.2 cm³/mol. The van der Waals surface area contributed by atoms with Gasteiger partial charge in [-0.1, -0.05) is 6.92 Å². The molecule has 0 saturated carbocycles. The van der Waals surface area contributed by atoms with Crippen LogP contribution in [0.3, 0.4) is 0 Å². The van der Waals surface area contributed by atoms with E-state index < -0.39 is 5.60 Å². The van der Waals surface area contributed by atoms with Crippen LogP contribution in [-0.4, -0.2) is 39.9 Å². The number of aliphatic hydroxyl groups is 1. The van der Waals surface area contributed by atoms with E-state index in [1.807, 2.05) is 32.6 Å². The standard InChI is InChI=1S/C13H22N4O2/c1-8(2)19-11-5-10(15-12(14)16-11)17-6-9(3)13(4,18)7-17/h5,8-9,18H,6-7H2,1-4H3,(H2,14,15,16)/t9-,13+/m0/s1. The van der Waals surface area contributed by atoms with E-state index in [2.05, 4.69) is 9.97 Å². The summed E-state index contributed by atoms with van der Waals surface area (Å²) in [6, 6.07) is 1.77. The van der Waals surface area contributed by atoms with Gasteiger partial charge in [-0.2, -0.15) is 9.97 Å². The average molecular weight is 266 g/mol. The number of nitrogen functional groups attached to an aromatic ring is 1. The van der Waals surface area contributed by atoms with E-state index in [0.717, 1.165) is 6.54 Å². The highest BCUT2D eigenvalue weighted by atomic mass is 16.5. The second-order valence-electron chi connectivity index (χ2n) is 5.73. The van der Waals surface area contributed by atoms with Gasteiger partial charge in [0.1, 0.15) is 5.82 Å². The summed E-state index contributed by atoms with van der Waals surface area (Å²) in [5.74, 6) is 1.54. The van der Waals surface area contributed by atoms with Crippen LogP contribution in [0.4, 0.5) is 11.8 Å². The Kier molecular flexibility index (Phi) is 3.54. The number of ether oxygens (including phenoxy) is 1. The van der Waals surface area contributed by atoms with Gasteiger partial charge in [-0.25, -0.2) is 0 Å². The summed E-state index contributed by atoms with van der Waals surface area (Å²) in [4.78, 5) is 10.3. The van der Waals surface area contributed by atoms with E-state index in [0.29, 0.717) is 18.2 Å². The van der Waals surface area contributed by atoms with Crippen LogP contribution in [0.1, 0.15) is 27.7 Å². The van der Waals surface area contributed by atoms with Gasteiger partial charge in [-0.05, 0) is 20.8 Å². The smallest absolute Gasteiger partial charge is 0.225 e. The molecule has 0 aliphatic carbocycles. The maximum absolute atomic E-state index is 10.2. The van der Waals surface area contributed by atoms with Crippen LogP contribution in [-0.2, 0) is 0 Å². The summed E-state index contributed by atoms with van der Waals surface area (Å²) in [6.45, 7) is 9.00. The molecule has 1 aliphatic rings. The number of nitrogens with zero attached hydrogens (tertiary/aromatic N) is 3. The third kappa shape index (κ3) is 3.07. The van der Waals surface area contributed by atoms with E-state index >= 15 is 0 Å². The van der Waals surface area contributed by atoms with Crippen molar-refractivity contribution >= 4 is 11.8 Å². The Morgan fingerprint density at radius 1 is 1.53 bits per heavy atom. The minimum absolute atomic E-state index is 0.0303. The molecule has 1 saturated heterocycles. The SMILES string of the molecule is CC(C)Oc1cc(N2C[C@H](C)[C@](C)(O)C2)nc(N)n1. The van der Waals surface area contributed by atoms with E-state index in [9.17, 15) is 5.11 Å². The molecule has 2 rings (SSSR count). The Bertz CT molecular complexity index is 462. The fraction of sp³-hybridized carbons (Fsp3) is 0.692. The van der Waals surface area contributed by atoms with Crippen molar-refractivity contribution in [1.29, 1.82) is 0 Å². The average Bonchev–Trinajstić information content (AvgIpc) is 2.51. The lowest BCUT2D eigenvalue weighted by Crippen LogP contribution is -2.33. The molecule has 19 heavy (non-hydrogen) atoms. The zero-order valence-electron chi connectivity index (χ0n) is 11.9. The highest BCUT2D eigenvalue weighted by Crippen LogP contribution is 2.31. The molecule has 0 spiro atoms. The normalized spacial score (nSPS) is 27.1. The maximum Gasteiger partial charge on any atom is 0.225 e. The molecule has 6 heteroatoms. The molecule has 6 nitrogen and oxygen atoms in total. The van der Waals surface area contributed by atoms with Gasteiger partial charge in [0.15, 0.2) is 0 Å². The summed E-state index contributed by atoms with van der Waals surface area (Å²) in [6.07, 6.45) is 0.0303. The zero-order valence-corrected chi connectivity index (χ0v) is 11.9. The monoisotopic (exact) mass is 266 g/mol. The Balaban J connectivity index is 2.23. The third-order valence-electron chi connectivity index (χ3n) is 3.45. The highest BCUT2D eigenvalue weighted by Gasteiger charge is 2.39. The van der Waals surface area contributed by atoms with Crippen molar-refractivity contribution < 1.29 is 9.84 Å². The molecular weight excluding hydrogens is 244 g/mol. The van der Waals surface area contributed by atoms with Gasteiger partial charge in [-0.3, -0.25) is 0 Å². The van der Waals surface area contributed by atoms with E-state index in [1.165, 1.54) is 0 Å². The van der Waals surface area contributed by atoms with Gasteiger partial charge >= 0.3 is 0 Å². The first kappa shape index (κ1) is 13.9. The molecule has 1 aromatic rings. The Labute approximate surface area is 113 Å².